The van der Waals surface area contributed by atoms with Crippen LogP contribution in [0.1, 0.15) is 6.42 Å². The number of benzene rings is 4. The van der Waals surface area contributed by atoms with Crippen molar-refractivity contribution in [1.29, 1.82) is 0 Å². The maximum absolute atomic E-state index is 13.7. The maximum Gasteiger partial charge on any atom is 0.330 e. The second-order valence-corrected chi connectivity index (χ2v) is 8.14. The first kappa shape index (κ1) is 20.2. The van der Waals surface area contributed by atoms with E-state index in [1.807, 2.05) is 66.7 Å². The van der Waals surface area contributed by atoms with E-state index in [-0.39, 0.29) is 12.2 Å². The maximum atomic E-state index is 13.7. The van der Waals surface area contributed by atoms with Gasteiger partial charge in [0.2, 0.25) is 0 Å². The summed E-state index contributed by atoms with van der Waals surface area (Å²) in [7, 11) is 0. The van der Waals surface area contributed by atoms with Gasteiger partial charge in [0.25, 0.3) is 5.56 Å². The number of nitrogens with zero attached hydrogens (tertiary/aromatic N) is 2. The van der Waals surface area contributed by atoms with Gasteiger partial charge in [-0.1, -0.05) is 43.0 Å². The van der Waals surface area contributed by atoms with E-state index in [1.54, 1.807) is 4.40 Å². The molecule has 2 aromatic heterocycles. The summed E-state index contributed by atoms with van der Waals surface area (Å²) in [4.78, 5) is 29.9. The zero-order valence-corrected chi connectivity index (χ0v) is 18.3. The molecule has 0 N–H and O–H groups in total. The number of pyridine rings is 1. The second-order valence-electron chi connectivity index (χ2n) is 8.14. The number of rotatable bonds is 6. The lowest BCUT2D eigenvalue weighted by atomic mass is 10.0. The molecule has 6 aromatic rings. The van der Waals surface area contributed by atoms with Gasteiger partial charge in [0.1, 0.15) is 11.4 Å². The molecule has 6 nitrogen and oxygen atoms in total. The molecule has 4 aromatic carbocycles. The van der Waals surface area contributed by atoms with Gasteiger partial charge in [0.05, 0.1) is 24.2 Å². The fourth-order valence-corrected chi connectivity index (χ4v) is 4.71. The quantitative estimate of drug-likeness (QED) is 0.115. The van der Waals surface area contributed by atoms with Crippen LogP contribution in [-0.2, 0) is 9.53 Å². The molecule has 6 heteroatoms. The summed E-state index contributed by atoms with van der Waals surface area (Å²) in [5, 5.41) is 5.24. The highest BCUT2D eigenvalue weighted by atomic mass is 16.5. The number of ether oxygens (including phenoxy) is 2. The summed E-state index contributed by atoms with van der Waals surface area (Å²) < 4.78 is 12.7. The van der Waals surface area contributed by atoms with Crippen LogP contribution in [0.15, 0.2) is 84.2 Å². The zero-order valence-electron chi connectivity index (χ0n) is 18.3. The van der Waals surface area contributed by atoms with Crippen LogP contribution in [0, 0.1) is 0 Å². The van der Waals surface area contributed by atoms with Gasteiger partial charge in [-0.05, 0) is 35.7 Å². The van der Waals surface area contributed by atoms with Crippen LogP contribution < -0.4 is 10.3 Å². The van der Waals surface area contributed by atoms with E-state index >= 15 is 0 Å². The van der Waals surface area contributed by atoms with Crippen LogP contribution >= 0.6 is 0 Å². The molecule has 166 valence electrons. The third-order valence-electron chi connectivity index (χ3n) is 6.17. The van der Waals surface area contributed by atoms with Crippen LogP contribution in [0.2, 0.25) is 0 Å². The first-order chi connectivity index (χ1) is 16.7. The molecule has 0 saturated heterocycles. The van der Waals surface area contributed by atoms with Crippen LogP contribution in [-0.4, -0.2) is 28.6 Å². The molecule has 2 heterocycles. The van der Waals surface area contributed by atoms with Crippen molar-refractivity contribution >= 4 is 55.0 Å². The molecule has 0 aliphatic carbocycles. The Morgan fingerprint density at radius 2 is 1.71 bits per heavy atom. The minimum absolute atomic E-state index is 0.104. The Kier molecular flexibility index (Phi) is 4.66. The van der Waals surface area contributed by atoms with Gasteiger partial charge in [-0.2, -0.15) is 0 Å². The predicted octanol–water partition coefficient (Wildman–Crippen LogP) is 5.24. The van der Waals surface area contributed by atoms with E-state index in [0.29, 0.717) is 29.8 Å². The Balaban J connectivity index is 1.54. The Labute approximate surface area is 194 Å². The first-order valence-corrected chi connectivity index (χ1v) is 11.1. The highest BCUT2D eigenvalue weighted by Gasteiger charge is 2.18. The minimum Gasteiger partial charge on any atom is -0.493 e. The van der Waals surface area contributed by atoms with Crippen LogP contribution in [0.3, 0.4) is 0 Å². The summed E-state index contributed by atoms with van der Waals surface area (Å²) in [6.45, 7) is 4.01. The molecule has 0 spiro atoms. The third-order valence-corrected chi connectivity index (χ3v) is 6.17. The van der Waals surface area contributed by atoms with Gasteiger partial charge in [0.15, 0.2) is 0 Å². The zero-order chi connectivity index (χ0) is 23.2. The fourth-order valence-electron chi connectivity index (χ4n) is 4.71. The van der Waals surface area contributed by atoms with Gasteiger partial charge in [0, 0.05) is 39.4 Å². The van der Waals surface area contributed by atoms with Crippen molar-refractivity contribution in [3.8, 4) is 5.75 Å². The predicted molar refractivity (Wildman–Crippen MR) is 134 cm³/mol. The molecule has 0 fully saturated rings. The number of hydrogen-bond donors (Lipinski definition) is 0. The Morgan fingerprint density at radius 1 is 0.912 bits per heavy atom. The van der Waals surface area contributed by atoms with Crippen molar-refractivity contribution in [3.05, 3.63) is 89.7 Å². The van der Waals surface area contributed by atoms with Crippen LogP contribution in [0.4, 0.5) is 0 Å². The van der Waals surface area contributed by atoms with Crippen molar-refractivity contribution in [2.45, 2.75) is 6.42 Å². The number of fused-ring (bicyclic) bond motifs is 3. The van der Waals surface area contributed by atoms with Crippen LogP contribution in [0.25, 0.3) is 49.0 Å². The number of hydrogen-bond acceptors (Lipinski definition) is 5. The average Bonchev–Trinajstić information content (AvgIpc) is 2.87. The lowest BCUT2D eigenvalue weighted by molar-refractivity contribution is -0.137. The third kappa shape index (κ3) is 2.99. The number of carbonyl (C=O) groups is 1. The summed E-state index contributed by atoms with van der Waals surface area (Å²) in [6.07, 6.45) is 1.68. The normalized spacial score (nSPS) is 11.6. The fraction of sp³-hybridized carbons (Fsp3) is 0.107. The Hall–Kier alpha value is -4.45. The molecule has 0 radical (unpaired) electrons. The standard InChI is InChI=1S/C28H20N2O4/c1-2-24(31)34-16-6-15-33-23-14-13-19-26-18(23)9-5-10-20(26)28(32)30-22-12-4-8-17-7-3-11-21(25(17)22)29-27(19)30/h2-5,7-14H,1,6,15-16H2. The van der Waals surface area contributed by atoms with E-state index in [1.165, 1.54) is 0 Å². The van der Waals surface area contributed by atoms with Crippen molar-refractivity contribution in [1.82, 2.24) is 9.38 Å². The number of esters is 1. The molecular weight excluding hydrogens is 428 g/mol. The molecule has 0 aliphatic heterocycles. The van der Waals surface area contributed by atoms with E-state index in [0.717, 1.165) is 44.0 Å². The number of carbonyl (C=O) groups excluding carboxylic acids is 1. The van der Waals surface area contributed by atoms with E-state index in [9.17, 15) is 9.59 Å². The van der Waals surface area contributed by atoms with Crippen molar-refractivity contribution < 1.29 is 14.3 Å². The van der Waals surface area contributed by atoms with E-state index in [2.05, 4.69) is 6.58 Å². The smallest absolute Gasteiger partial charge is 0.330 e. The van der Waals surface area contributed by atoms with E-state index < -0.39 is 5.97 Å². The lowest BCUT2D eigenvalue weighted by Gasteiger charge is -2.16. The van der Waals surface area contributed by atoms with Crippen molar-refractivity contribution in [2.75, 3.05) is 13.2 Å². The molecule has 0 aliphatic rings. The molecule has 0 unspecified atom stereocenters. The highest BCUT2D eigenvalue weighted by Crippen LogP contribution is 2.35. The van der Waals surface area contributed by atoms with Gasteiger partial charge in [-0.15, -0.1) is 0 Å². The number of aromatic nitrogens is 2. The molecule has 0 amide bonds. The van der Waals surface area contributed by atoms with Crippen LogP contribution in [0.5, 0.6) is 5.75 Å². The molecule has 34 heavy (non-hydrogen) atoms. The topological polar surface area (TPSA) is 69.9 Å². The molecule has 0 saturated carbocycles. The molecule has 0 atom stereocenters. The second kappa shape index (κ2) is 7.85. The highest BCUT2D eigenvalue weighted by molar-refractivity contribution is 6.18. The van der Waals surface area contributed by atoms with Crippen molar-refractivity contribution in [3.63, 3.8) is 0 Å². The lowest BCUT2D eigenvalue weighted by Crippen LogP contribution is -2.16. The van der Waals surface area contributed by atoms with Crippen molar-refractivity contribution in [2.24, 2.45) is 0 Å². The minimum atomic E-state index is -0.449. The summed E-state index contributed by atoms with van der Waals surface area (Å²) in [6, 6.07) is 21.5. The van der Waals surface area contributed by atoms with Gasteiger partial charge < -0.3 is 9.47 Å². The largest absolute Gasteiger partial charge is 0.493 e. The monoisotopic (exact) mass is 448 g/mol. The molecule has 0 bridgehead atoms. The Morgan fingerprint density at radius 3 is 2.56 bits per heavy atom. The molecular formula is C28H20N2O4. The van der Waals surface area contributed by atoms with Gasteiger partial charge in [-0.3, -0.25) is 9.20 Å². The van der Waals surface area contributed by atoms with E-state index in [4.69, 9.17) is 14.5 Å². The summed E-state index contributed by atoms with van der Waals surface area (Å²) >= 11 is 0. The summed E-state index contributed by atoms with van der Waals surface area (Å²) in [5.41, 5.74) is 2.23. The van der Waals surface area contributed by atoms with Gasteiger partial charge >= 0.3 is 5.97 Å². The summed E-state index contributed by atoms with van der Waals surface area (Å²) in [5.74, 6) is 0.228. The average molecular weight is 448 g/mol. The van der Waals surface area contributed by atoms with Gasteiger partial charge in [-0.25, -0.2) is 9.78 Å². The Bertz CT molecular complexity index is 1800. The molecule has 6 rings (SSSR count). The first-order valence-electron chi connectivity index (χ1n) is 11.1. The SMILES string of the molecule is C=CC(=O)OCCCOc1ccc2c3c1cccc3c(=O)n1c3cccc4cccc(nc21)c43.